The number of carboxylic acid groups (broad SMARTS) is 1. The van der Waals surface area contributed by atoms with Gasteiger partial charge in [0.1, 0.15) is 18.1 Å². The molecule has 2 N–H and O–H groups in total. The van der Waals surface area contributed by atoms with Crippen molar-refractivity contribution < 1.29 is 19.4 Å². The summed E-state index contributed by atoms with van der Waals surface area (Å²) in [5.74, 6) is -1.12. The fraction of sp³-hybridized carbons (Fsp3) is 0.0417. The normalized spacial score (nSPS) is 10.7. The number of rotatable bonds is 7. The van der Waals surface area contributed by atoms with Crippen molar-refractivity contribution in [2.75, 3.05) is 0 Å². The summed E-state index contributed by atoms with van der Waals surface area (Å²) in [6.07, 6.45) is 1.38. The van der Waals surface area contributed by atoms with Crippen molar-refractivity contribution >= 4 is 18.0 Å². The predicted molar refractivity (Wildman–Crippen MR) is 111 cm³/mol. The van der Waals surface area contributed by atoms with Crippen molar-refractivity contribution in [3.05, 3.63) is 107 Å². The van der Waals surface area contributed by atoms with Gasteiger partial charge in [0, 0.05) is 5.56 Å². The Morgan fingerprint density at radius 2 is 1.63 bits per heavy atom. The molecule has 148 valence electrons. The van der Waals surface area contributed by atoms with Crippen LogP contribution in [0.5, 0.6) is 5.75 Å². The molecule has 3 aromatic rings. The lowest BCUT2D eigenvalue weighted by Crippen LogP contribution is -2.27. The number of carbonyl (C=O) groups is 2. The maximum atomic E-state index is 12.2. The molecular formula is C24H18N2O4. The molecule has 0 unspecified atom stereocenters. The maximum Gasteiger partial charge on any atom is 0.352 e. The summed E-state index contributed by atoms with van der Waals surface area (Å²) >= 11 is 0. The first-order chi connectivity index (χ1) is 14.5. The molecule has 0 aromatic heterocycles. The van der Waals surface area contributed by atoms with Gasteiger partial charge < -0.3 is 15.2 Å². The van der Waals surface area contributed by atoms with E-state index in [1.807, 2.05) is 12.1 Å². The highest BCUT2D eigenvalue weighted by atomic mass is 16.5. The van der Waals surface area contributed by atoms with Crippen LogP contribution in [-0.4, -0.2) is 17.0 Å². The fourth-order valence-electron chi connectivity index (χ4n) is 2.60. The number of carbonyl (C=O) groups excluding carboxylic acids is 1. The lowest BCUT2D eigenvalue weighted by molar-refractivity contribution is -0.132. The second kappa shape index (κ2) is 9.71. The molecule has 0 bridgehead atoms. The number of hydrogen-bond donors (Lipinski definition) is 2. The van der Waals surface area contributed by atoms with Crippen LogP contribution in [0, 0.1) is 11.3 Å². The van der Waals surface area contributed by atoms with Crippen LogP contribution in [0.1, 0.15) is 27.0 Å². The first-order valence-corrected chi connectivity index (χ1v) is 9.08. The molecule has 6 heteroatoms. The van der Waals surface area contributed by atoms with Crippen molar-refractivity contribution in [2.24, 2.45) is 0 Å². The van der Waals surface area contributed by atoms with Crippen LogP contribution in [-0.2, 0) is 11.4 Å². The Morgan fingerprint density at radius 3 is 2.23 bits per heavy atom. The molecule has 0 spiro atoms. The van der Waals surface area contributed by atoms with Gasteiger partial charge in [0.15, 0.2) is 0 Å². The van der Waals surface area contributed by atoms with Crippen LogP contribution >= 0.6 is 0 Å². The van der Waals surface area contributed by atoms with Crippen LogP contribution in [0.15, 0.2) is 84.6 Å². The van der Waals surface area contributed by atoms with E-state index in [1.54, 1.807) is 66.7 Å². The van der Waals surface area contributed by atoms with E-state index < -0.39 is 11.9 Å². The topological polar surface area (TPSA) is 99.4 Å². The zero-order valence-corrected chi connectivity index (χ0v) is 15.9. The van der Waals surface area contributed by atoms with Crippen LogP contribution < -0.4 is 10.1 Å². The predicted octanol–water partition coefficient (Wildman–Crippen LogP) is 3.99. The zero-order chi connectivity index (χ0) is 21.3. The molecule has 3 rings (SSSR count). The quantitative estimate of drug-likeness (QED) is 0.586. The minimum atomic E-state index is -1.24. The standard InChI is InChI=1S/C24H18N2O4/c25-15-18-6-8-19(9-7-18)16-30-21-12-10-17(11-13-21)14-22(24(28)29)26-23(27)20-4-2-1-3-5-20/h1-14H,16H2,(H,26,27)(H,28,29)/b22-14-. The number of benzene rings is 3. The largest absolute Gasteiger partial charge is 0.489 e. The van der Waals surface area contributed by atoms with E-state index in [0.29, 0.717) is 29.0 Å². The molecule has 30 heavy (non-hydrogen) atoms. The van der Waals surface area contributed by atoms with Crippen molar-refractivity contribution in [3.8, 4) is 11.8 Å². The minimum Gasteiger partial charge on any atom is -0.489 e. The molecule has 1 amide bonds. The van der Waals surface area contributed by atoms with Crippen LogP contribution in [0.2, 0.25) is 0 Å². The van der Waals surface area contributed by atoms with Gasteiger partial charge in [0.2, 0.25) is 0 Å². The molecular weight excluding hydrogens is 380 g/mol. The molecule has 0 fully saturated rings. The fourth-order valence-corrected chi connectivity index (χ4v) is 2.60. The van der Waals surface area contributed by atoms with Gasteiger partial charge in [-0.05, 0) is 53.6 Å². The summed E-state index contributed by atoms with van der Waals surface area (Å²) in [6, 6.07) is 24.4. The lowest BCUT2D eigenvalue weighted by Gasteiger charge is -2.08. The van der Waals surface area contributed by atoms with Gasteiger partial charge in [-0.25, -0.2) is 4.79 Å². The molecule has 0 saturated carbocycles. The van der Waals surface area contributed by atoms with Gasteiger partial charge in [0.05, 0.1) is 11.6 Å². The van der Waals surface area contributed by atoms with Gasteiger partial charge in [-0.3, -0.25) is 4.79 Å². The number of nitriles is 1. The molecule has 6 nitrogen and oxygen atoms in total. The summed E-state index contributed by atoms with van der Waals surface area (Å²) in [4.78, 5) is 23.7. The highest BCUT2D eigenvalue weighted by Gasteiger charge is 2.13. The zero-order valence-electron chi connectivity index (χ0n) is 15.9. The number of aliphatic carboxylic acids is 1. The van der Waals surface area contributed by atoms with E-state index in [9.17, 15) is 14.7 Å². The molecule has 0 saturated heterocycles. The lowest BCUT2D eigenvalue weighted by atomic mass is 10.1. The molecule has 0 atom stereocenters. The van der Waals surface area contributed by atoms with Crippen LogP contribution in [0.4, 0.5) is 0 Å². The van der Waals surface area contributed by atoms with Gasteiger partial charge >= 0.3 is 5.97 Å². The molecule has 0 radical (unpaired) electrons. The third kappa shape index (κ3) is 5.57. The number of ether oxygens (including phenoxy) is 1. The highest BCUT2D eigenvalue weighted by Crippen LogP contribution is 2.16. The van der Waals surface area contributed by atoms with E-state index in [2.05, 4.69) is 11.4 Å². The molecule has 3 aromatic carbocycles. The average Bonchev–Trinajstić information content (AvgIpc) is 2.79. The second-order valence-electron chi connectivity index (χ2n) is 6.35. The number of nitrogens with zero attached hydrogens (tertiary/aromatic N) is 1. The summed E-state index contributed by atoms with van der Waals surface area (Å²) in [5.41, 5.74) is 2.26. The SMILES string of the molecule is N#Cc1ccc(COc2ccc(/C=C(\NC(=O)c3ccccc3)C(=O)O)cc2)cc1. The van der Waals surface area contributed by atoms with Gasteiger partial charge in [-0.1, -0.05) is 42.5 Å². The van der Waals surface area contributed by atoms with Gasteiger partial charge in [-0.2, -0.15) is 5.26 Å². The summed E-state index contributed by atoms with van der Waals surface area (Å²) in [5, 5.41) is 20.6. The number of hydrogen-bond acceptors (Lipinski definition) is 4. The Balaban J connectivity index is 1.65. The number of amides is 1. The highest BCUT2D eigenvalue weighted by molar-refractivity contribution is 6.02. The third-order valence-electron chi connectivity index (χ3n) is 4.19. The van der Waals surface area contributed by atoms with Crippen LogP contribution in [0.3, 0.4) is 0 Å². The number of carboxylic acids is 1. The van der Waals surface area contributed by atoms with Crippen molar-refractivity contribution in [1.29, 1.82) is 5.26 Å². The van der Waals surface area contributed by atoms with E-state index in [-0.39, 0.29) is 5.70 Å². The van der Waals surface area contributed by atoms with Gasteiger partial charge in [-0.15, -0.1) is 0 Å². The smallest absolute Gasteiger partial charge is 0.352 e. The summed E-state index contributed by atoms with van der Waals surface area (Å²) in [6.45, 7) is 0.342. The van der Waals surface area contributed by atoms with Crippen LogP contribution in [0.25, 0.3) is 6.08 Å². The summed E-state index contributed by atoms with van der Waals surface area (Å²) < 4.78 is 5.71. The third-order valence-corrected chi connectivity index (χ3v) is 4.19. The minimum absolute atomic E-state index is 0.227. The molecule has 0 aliphatic carbocycles. The first-order valence-electron chi connectivity index (χ1n) is 9.08. The molecule has 0 heterocycles. The maximum absolute atomic E-state index is 12.2. The number of nitrogens with one attached hydrogen (secondary N) is 1. The Morgan fingerprint density at radius 1 is 0.967 bits per heavy atom. The second-order valence-corrected chi connectivity index (χ2v) is 6.35. The van der Waals surface area contributed by atoms with Crippen molar-refractivity contribution in [3.63, 3.8) is 0 Å². The van der Waals surface area contributed by atoms with E-state index >= 15 is 0 Å². The average molecular weight is 398 g/mol. The van der Waals surface area contributed by atoms with E-state index in [4.69, 9.17) is 10.00 Å². The summed E-state index contributed by atoms with van der Waals surface area (Å²) in [7, 11) is 0. The molecule has 0 aliphatic heterocycles. The first kappa shape index (κ1) is 20.4. The van der Waals surface area contributed by atoms with Crippen molar-refractivity contribution in [1.82, 2.24) is 5.32 Å². The Kier molecular flexibility index (Phi) is 6.59. The van der Waals surface area contributed by atoms with Crippen molar-refractivity contribution in [2.45, 2.75) is 6.61 Å². The van der Waals surface area contributed by atoms with E-state index in [0.717, 1.165) is 5.56 Å². The Labute approximate surface area is 173 Å². The van der Waals surface area contributed by atoms with E-state index in [1.165, 1.54) is 6.08 Å². The molecule has 0 aliphatic rings. The van der Waals surface area contributed by atoms with Gasteiger partial charge in [0.25, 0.3) is 5.91 Å². The Bertz CT molecular complexity index is 1100. The Hall–Kier alpha value is -4.37. The monoisotopic (exact) mass is 398 g/mol.